The number of carbonyl (C=O) groups excluding carboxylic acids is 2. The predicted molar refractivity (Wildman–Crippen MR) is 125 cm³/mol. The summed E-state index contributed by atoms with van der Waals surface area (Å²) < 4.78 is 5.40. The largest absolute Gasteiger partial charge is 0.382 e. The third-order valence-electron chi connectivity index (χ3n) is 5.37. The molecule has 3 amide bonds. The monoisotopic (exact) mass is 463 g/mol. The Bertz CT molecular complexity index is 884. The summed E-state index contributed by atoms with van der Waals surface area (Å²) >= 11 is 7.83. The van der Waals surface area contributed by atoms with Gasteiger partial charge in [-0.1, -0.05) is 23.7 Å². The lowest BCUT2D eigenvalue weighted by Gasteiger charge is -2.38. The van der Waals surface area contributed by atoms with E-state index in [9.17, 15) is 9.59 Å². The van der Waals surface area contributed by atoms with Gasteiger partial charge in [-0.05, 0) is 54.5 Å². The summed E-state index contributed by atoms with van der Waals surface area (Å²) in [5.74, 6) is -0.0524. The number of thiophene rings is 1. The van der Waals surface area contributed by atoms with Crippen molar-refractivity contribution < 1.29 is 14.3 Å². The third kappa shape index (κ3) is 5.79. The molecule has 0 spiro atoms. The minimum absolute atomic E-state index is 0.0483. The van der Waals surface area contributed by atoms with Gasteiger partial charge in [0.2, 0.25) is 5.91 Å². The number of fused-ring (bicyclic) bond motifs is 1. The van der Waals surface area contributed by atoms with E-state index >= 15 is 0 Å². The van der Waals surface area contributed by atoms with Crippen LogP contribution < -0.4 is 0 Å². The Kier molecular flexibility index (Phi) is 8.35. The molecule has 1 aromatic carbocycles. The van der Waals surface area contributed by atoms with E-state index in [1.165, 1.54) is 9.78 Å². The summed E-state index contributed by atoms with van der Waals surface area (Å²) in [4.78, 5) is 32.5. The van der Waals surface area contributed by atoms with Crippen molar-refractivity contribution in [2.45, 2.75) is 25.8 Å². The first-order valence-electron chi connectivity index (χ1n) is 10.6. The molecule has 0 saturated heterocycles. The number of rotatable bonds is 8. The Morgan fingerprint density at radius 2 is 1.97 bits per heavy atom. The van der Waals surface area contributed by atoms with Crippen molar-refractivity contribution in [1.82, 2.24) is 14.7 Å². The van der Waals surface area contributed by atoms with Gasteiger partial charge in [-0.25, -0.2) is 4.79 Å². The molecule has 8 heteroatoms. The van der Waals surface area contributed by atoms with Gasteiger partial charge in [-0.3, -0.25) is 4.79 Å². The van der Waals surface area contributed by atoms with Crippen LogP contribution in [0.1, 0.15) is 35.4 Å². The molecule has 2 heterocycles. The van der Waals surface area contributed by atoms with Crippen LogP contribution in [0.15, 0.2) is 35.7 Å². The maximum Gasteiger partial charge on any atom is 0.319 e. The molecular formula is C23H30ClN3O3S. The van der Waals surface area contributed by atoms with Gasteiger partial charge < -0.3 is 19.4 Å². The van der Waals surface area contributed by atoms with Crippen LogP contribution in [0.4, 0.5) is 4.79 Å². The van der Waals surface area contributed by atoms with Gasteiger partial charge in [0.15, 0.2) is 0 Å². The van der Waals surface area contributed by atoms with Crippen LogP contribution >= 0.6 is 22.9 Å². The molecular weight excluding hydrogens is 434 g/mol. The van der Waals surface area contributed by atoms with E-state index in [0.717, 1.165) is 17.5 Å². The maximum absolute atomic E-state index is 13.5. The molecule has 2 aromatic rings. The first-order chi connectivity index (χ1) is 14.9. The lowest BCUT2D eigenvalue weighted by atomic mass is 9.93. The fourth-order valence-electron chi connectivity index (χ4n) is 3.87. The van der Waals surface area contributed by atoms with Gasteiger partial charge in [0.25, 0.3) is 0 Å². The van der Waals surface area contributed by atoms with E-state index in [1.54, 1.807) is 30.3 Å². The van der Waals surface area contributed by atoms with Crippen molar-refractivity contribution >= 4 is 34.9 Å². The van der Waals surface area contributed by atoms with Crippen LogP contribution in [0, 0.1) is 0 Å². The molecule has 0 N–H and O–H groups in total. The van der Waals surface area contributed by atoms with E-state index in [-0.39, 0.29) is 24.5 Å². The average molecular weight is 464 g/mol. The summed E-state index contributed by atoms with van der Waals surface area (Å²) in [6, 6.07) is 9.44. The molecule has 1 aliphatic heterocycles. The Morgan fingerprint density at radius 1 is 1.23 bits per heavy atom. The predicted octanol–water partition coefficient (Wildman–Crippen LogP) is 4.29. The lowest BCUT2D eigenvalue weighted by molar-refractivity contribution is -0.134. The van der Waals surface area contributed by atoms with E-state index in [4.69, 9.17) is 16.3 Å². The highest BCUT2D eigenvalue weighted by atomic mass is 35.5. The second-order valence-electron chi connectivity index (χ2n) is 7.74. The molecule has 6 nitrogen and oxygen atoms in total. The van der Waals surface area contributed by atoms with Crippen LogP contribution in [0.3, 0.4) is 0 Å². The van der Waals surface area contributed by atoms with Gasteiger partial charge in [0, 0.05) is 50.3 Å². The number of halogens is 1. The Morgan fingerprint density at radius 3 is 2.65 bits per heavy atom. The second kappa shape index (κ2) is 11.0. The molecule has 168 valence electrons. The van der Waals surface area contributed by atoms with Crippen molar-refractivity contribution in [2.75, 3.05) is 46.9 Å². The summed E-state index contributed by atoms with van der Waals surface area (Å²) in [5.41, 5.74) is 2.19. The maximum atomic E-state index is 13.5. The van der Waals surface area contributed by atoms with E-state index in [2.05, 4.69) is 11.4 Å². The minimum Gasteiger partial charge on any atom is -0.382 e. The minimum atomic E-state index is -0.167. The topological polar surface area (TPSA) is 53.1 Å². The molecule has 1 atom stereocenters. The van der Waals surface area contributed by atoms with Crippen LogP contribution in [0.25, 0.3) is 0 Å². The lowest BCUT2D eigenvalue weighted by Crippen LogP contribution is -2.49. The molecule has 1 unspecified atom stereocenters. The Hall–Kier alpha value is -2.09. The fraction of sp³-hybridized carbons (Fsp3) is 0.478. The number of benzene rings is 1. The highest BCUT2D eigenvalue weighted by Crippen LogP contribution is 2.38. The summed E-state index contributed by atoms with van der Waals surface area (Å²) in [6.45, 7) is 4.30. The van der Waals surface area contributed by atoms with Crippen LogP contribution in [0.2, 0.25) is 5.02 Å². The normalized spacial score (nSPS) is 15.5. The number of ether oxygens (including phenoxy) is 1. The zero-order valence-corrected chi connectivity index (χ0v) is 19.9. The van der Waals surface area contributed by atoms with Crippen molar-refractivity contribution in [1.29, 1.82) is 0 Å². The molecule has 1 aromatic heterocycles. The van der Waals surface area contributed by atoms with Crippen molar-refractivity contribution in [3.63, 3.8) is 0 Å². The molecule has 0 saturated carbocycles. The van der Waals surface area contributed by atoms with Crippen LogP contribution in [-0.4, -0.2) is 73.6 Å². The standard InChI is InChI=1S/C23H30ClN3O3S/c1-4-30-14-5-12-26(23(29)25(2)3)16-21(28)27-13-10-20-19(11-15-31-20)22(27)17-6-8-18(24)9-7-17/h6-9,11,15,22H,4-5,10,12-14,16H2,1-3H3. The van der Waals surface area contributed by atoms with Crippen LogP contribution in [-0.2, 0) is 16.0 Å². The number of hydrogen-bond acceptors (Lipinski definition) is 4. The molecule has 0 radical (unpaired) electrons. The van der Waals surface area contributed by atoms with Crippen molar-refractivity contribution in [3.05, 3.63) is 56.7 Å². The highest BCUT2D eigenvalue weighted by molar-refractivity contribution is 7.10. The molecule has 1 aliphatic rings. The van der Waals surface area contributed by atoms with Gasteiger partial charge in [-0.2, -0.15) is 0 Å². The first-order valence-corrected chi connectivity index (χ1v) is 11.8. The van der Waals surface area contributed by atoms with E-state index < -0.39 is 0 Å². The molecule has 31 heavy (non-hydrogen) atoms. The summed E-state index contributed by atoms with van der Waals surface area (Å²) in [6.07, 6.45) is 1.52. The smallest absolute Gasteiger partial charge is 0.319 e. The van der Waals surface area contributed by atoms with Crippen LogP contribution in [0.5, 0.6) is 0 Å². The fourth-order valence-corrected chi connectivity index (χ4v) is 4.90. The Labute approximate surface area is 193 Å². The number of carbonyl (C=O) groups is 2. The summed E-state index contributed by atoms with van der Waals surface area (Å²) in [7, 11) is 3.41. The molecule has 3 rings (SSSR count). The molecule has 0 aliphatic carbocycles. The van der Waals surface area contributed by atoms with Crippen molar-refractivity contribution in [3.8, 4) is 0 Å². The second-order valence-corrected chi connectivity index (χ2v) is 9.18. The van der Waals surface area contributed by atoms with Crippen molar-refractivity contribution in [2.24, 2.45) is 0 Å². The van der Waals surface area contributed by atoms with Gasteiger partial charge in [0.05, 0.1) is 6.04 Å². The van der Waals surface area contributed by atoms with Gasteiger partial charge in [0.1, 0.15) is 6.54 Å². The van der Waals surface area contributed by atoms with E-state index in [0.29, 0.717) is 37.7 Å². The number of urea groups is 1. The van der Waals surface area contributed by atoms with Gasteiger partial charge in [-0.15, -0.1) is 11.3 Å². The zero-order chi connectivity index (χ0) is 22.4. The number of nitrogens with zero attached hydrogens (tertiary/aromatic N) is 3. The first kappa shape index (κ1) is 23.6. The average Bonchev–Trinajstić information content (AvgIpc) is 3.24. The number of amides is 3. The zero-order valence-electron chi connectivity index (χ0n) is 18.3. The molecule has 0 fully saturated rings. The quantitative estimate of drug-likeness (QED) is 0.549. The SMILES string of the molecule is CCOCCCN(CC(=O)N1CCc2sccc2C1c1ccc(Cl)cc1)C(=O)N(C)C. The van der Waals surface area contributed by atoms with E-state index in [1.807, 2.05) is 36.1 Å². The molecule has 0 bridgehead atoms. The Balaban J connectivity index is 1.81. The van der Waals surface area contributed by atoms with Gasteiger partial charge >= 0.3 is 6.03 Å². The third-order valence-corrected chi connectivity index (χ3v) is 6.62. The number of hydrogen-bond donors (Lipinski definition) is 0. The summed E-state index contributed by atoms with van der Waals surface area (Å²) in [5, 5.41) is 2.75. The highest BCUT2D eigenvalue weighted by Gasteiger charge is 2.34.